The Balaban J connectivity index is 2.79. The van der Waals surface area contributed by atoms with Crippen molar-refractivity contribution in [3.63, 3.8) is 0 Å². The molecule has 0 amide bonds. The minimum Gasteiger partial charge on any atom is -0.401 e. The average Bonchev–Trinajstić information content (AvgIpc) is 2.05. The van der Waals surface area contributed by atoms with E-state index in [9.17, 15) is 0 Å². The van der Waals surface area contributed by atoms with E-state index in [0.717, 1.165) is 5.69 Å². The van der Waals surface area contributed by atoms with Crippen LogP contribution in [0.25, 0.3) is 0 Å². The van der Waals surface area contributed by atoms with Crippen LogP contribution >= 0.6 is 0 Å². The Morgan fingerprint density at radius 3 is 2.42 bits per heavy atom. The van der Waals surface area contributed by atoms with E-state index < -0.39 is 0 Å². The summed E-state index contributed by atoms with van der Waals surface area (Å²) in [4.78, 5) is 0. The van der Waals surface area contributed by atoms with Gasteiger partial charge in [0.15, 0.2) is 0 Å². The van der Waals surface area contributed by atoms with Gasteiger partial charge in [0.1, 0.15) is 0 Å². The molecule has 0 bridgehead atoms. The molecule has 0 radical (unpaired) electrons. The fourth-order valence-electron chi connectivity index (χ4n) is 0.894. The van der Waals surface area contributed by atoms with Crippen molar-refractivity contribution in [3.05, 3.63) is 42.2 Å². The van der Waals surface area contributed by atoms with Crippen LogP contribution in [-0.4, -0.2) is 0 Å². The highest BCUT2D eigenvalue weighted by atomic mass is 15.4. The Morgan fingerprint density at radius 1 is 1.33 bits per heavy atom. The fourth-order valence-corrected chi connectivity index (χ4v) is 0.894. The van der Waals surface area contributed by atoms with E-state index in [1.165, 1.54) is 5.01 Å². The van der Waals surface area contributed by atoms with Gasteiger partial charge in [0.25, 0.3) is 0 Å². The summed E-state index contributed by atoms with van der Waals surface area (Å²) in [5.74, 6) is 5.67. The molecular weight excluding hydrogens is 150 g/mol. The van der Waals surface area contributed by atoms with Crippen LogP contribution in [0, 0.1) is 0 Å². The smallest absolute Gasteiger partial charge is 0.0568 e. The minimum atomic E-state index is 0.682. The second-order valence-electron chi connectivity index (χ2n) is 2.62. The third-order valence-electron chi connectivity index (χ3n) is 1.40. The molecule has 0 saturated heterocycles. The summed E-state index contributed by atoms with van der Waals surface area (Å²) in [6.07, 6.45) is 1.68. The van der Waals surface area contributed by atoms with Gasteiger partial charge < -0.3 is 5.73 Å². The Labute approximate surface area is 72.2 Å². The highest BCUT2D eigenvalue weighted by Gasteiger charge is 1.94. The van der Waals surface area contributed by atoms with Crippen LogP contribution in [0.5, 0.6) is 0 Å². The molecule has 3 heteroatoms. The first kappa shape index (κ1) is 8.62. The van der Waals surface area contributed by atoms with Gasteiger partial charge in [-0.05, 0) is 19.1 Å². The van der Waals surface area contributed by atoms with E-state index in [1.54, 1.807) is 13.1 Å². The molecule has 0 aliphatic heterocycles. The number of anilines is 1. The van der Waals surface area contributed by atoms with E-state index in [0.29, 0.717) is 5.70 Å². The van der Waals surface area contributed by atoms with Crippen LogP contribution in [0.3, 0.4) is 0 Å². The van der Waals surface area contributed by atoms with E-state index in [-0.39, 0.29) is 0 Å². The first-order chi connectivity index (χ1) is 5.70. The van der Waals surface area contributed by atoms with E-state index >= 15 is 0 Å². The molecule has 0 aliphatic carbocycles. The van der Waals surface area contributed by atoms with Crippen molar-refractivity contribution in [2.45, 2.75) is 6.92 Å². The zero-order chi connectivity index (χ0) is 8.97. The molecule has 12 heavy (non-hydrogen) atoms. The summed E-state index contributed by atoms with van der Waals surface area (Å²) >= 11 is 0. The molecule has 1 aromatic carbocycles. The second-order valence-corrected chi connectivity index (χ2v) is 2.62. The van der Waals surface area contributed by atoms with Crippen molar-refractivity contribution < 1.29 is 0 Å². The monoisotopic (exact) mass is 163 g/mol. The molecule has 0 atom stereocenters. The second kappa shape index (κ2) is 3.78. The summed E-state index contributed by atoms with van der Waals surface area (Å²) in [6, 6.07) is 9.62. The van der Waals surface area contributed by atoms with Gasteiger partial charge in [-0.1, -0.05) is 18.2 Å². The van der Waals surface area contributed by atoms with Gasteiger partial charge in [-0.3, -0.25) is 5.01 Å². The molecule has 0 fully saturated rings. The van der Waals surface area contributed by atoms with Gasteiger partial charge in [-0.15, -0.1) is 0 Å². The molecule has 3 nitrogen and oxygen atoms in total. The molecule has 0 saturated carbocycles. The van der Waals surface area contributed by atoms with Gasteiger partial charge in [0.2, 0.25) is 0 Å². The maximum absolute atomic E-state index is 5.67. The molecule has 0 aromatic heterocycles. The van der Waals surface area contributed by atoms with Gasteiger partial charge in [-0.2, -0.15) is 0 Å². The number of rotatable bonds is 2. The SMILES string of the molecule is C/C(N)=C/N(N)c1ccccc1. The topological polar surface area (TPSA) is 55.3 Å². The standard InChI is InChI=1S/C9H13N3/c1-8(10)7-12(11)9-5-3-2-4-6-9/h2-7H,10-11H2,1H3/b8-7-. The molecule has 4 N–H and O–H groups in total. The molecule has 0 spiro atoms. The van der Waals surface area contributed by atoms with Gasteiger partial charge in [-0.25, -0.2) is 5.84 Å². The maximum Gasteiger partial charge on any atom is 0.0568 e. The third kappa shape index (κ3) is 2.29. The first-order valence-corrected chi connectivity index (χ1v) is 3.73. The van der Waals surface area contributed by atoms with Crippen LogP contribution in [0.1, 0.15) is 6.92 Å². The lowest BCUT2D eigenvalue weighted by molar-refractivity contribution is 1.05. The van der Waals surface area contributed by atoms with Crippen LogP contribution < -0.4 is 16.6 Å². The molecule has 0 heterocycles. The molecule has 0 unspecified atom stereocenters. The van der Waals surface area contributed by atoms with Crippen LogP contribution in [0.4, 0.5) is 5.69 Å². The minimum absolute atomic E-state index is 0.682. The Hall–Kier alpha value is -1.48. The Kier molecular flexibility index (Phi) is 2.71. The van der Waals surface area contributed by atoms with Crippen molar-refractivity contribution in [2.75, 3.05) is 5.01 Å². The zero-order valence-corrected chi connectivity index (χ0v) is 7.07. The molecule has 0 aliphatic rings. The van der Waals surface area contributed by atoms with Crippen molar-refractivity contribution in [1.29, 1.82) is 0 Å². The Bertz CT molecular complexity index is 262. The van der Waals surface area contributed by atoms with Gasteiger partial charge in [0, 0.05) is 11.9 Å². The first-order valence-electron chi connectivity index (χ1n) is 3.73. The van der Waals surface area contributed by atoms with Crippen molar-refractivity contribution >= 4 is 5.69 Å². The normalized spacial score (nSPS) is 11.3. The number of allylic oxidation sites excluding steroid dienone is 1. The molecule has 1 rings (SSSR count). The third-order valence-corrected chi connectivity index (χ3v) is 1.40. The maximum atomic E-state index is 5.67. The average molecular weight is 163 g/mol. The summed E-state index contributed by atoms with van der Waals surface area (Å²) in [7, 11) is 0. The predicted molar refractivity (Wildman–Crippen MR) is 51.1 cm³/mol. The van der Waals surface area contributed by atoms with Crippen molar-refractivity contribution in [3.8, 4) is 0 Å². The number of nitrogens with two attached hydrogens (primary N) is 2. The molecular formula is C9H13N3. The quantitative estimate of drug-likeness (QED) is 0.508. The summed E-state index contributed by atoms with van der Waals surface area (Å²) < 4.78 is 0. The highest BCUT2D eigenvalue weighted by Crippen LogP contribution is 2.09. The summed E-state index contributed by atoms with van der Waals surface area (Å²) in [6.45, 7) is 1.79. The lowest BCUT2D eigenvalue weighted by atomic mass is 10.3. The van der Waals surface area contributed by atoms with Gasteiger partial charge in [0.05, 0.1) is 5.69 Å². The number of hydrazine groups is 1. The fraction of sp³-hybridized carbons (Fsp3) is 0.111. The van der Waals surface area contributed by atoms with Gasteiger partial charge >= 0.3 is 0 Å². The number of hydrogen-bond donors (Lipinski definition) is 2. The van der Waals surface area contributed by atoms with E-state index in [4.69, 9.17) is 11.6 Å². The number of para-hydroxylation sites is 1. The van der Waals surface area contributed by atoms with Crippen LogP contribution in [0.2, 0.25) is 0 Å². The largest absolute Gasteiger partial charge is 0.401 e. The number of nitrogens with zero attached hydrogens (tertiary/aromatic N) is 1. The number of hydrogen-bond acceptors (Lipinski definition) is 3. The molecule has 64 valence electrons. The lowest BCUT2D eigenvalue weighted by Crippen LogP contribution is -2.25. The van der Waals surface area contributed by atoms with Crippen LogP contribution in [0.15, 0.2) is 42.2 Å². The van der Waals surface area contributed by atoms with Crippen molar-refractivity contribution in [2.24, 2.45) is 11.6 Å². The highest BCUT2D eigenvalue weighted by molar-refractivity contribution is 5.47. The molecule has 1 aromatic rings. The van der Waals surface area contributed by atoms with Crippen LogP contribution in [-0.2, 0) is 0 Å². The predicted octanol–water partition coefficient (Wildman–Crippen LogP) is 1.19. The van der Waals surface area contributed by atoms with E-state index in [2.05, 4.69) is 0 Å². The Morgan fingerprint density at radius 2 is 1.92 bits per heavy atom. The summed E-state index contributed by atoms with van der Waals surface area (Å²) in [5.41, 5.74) is 7.07. The van der Waals surface area contributed by atoms with E-state index in [1.807, 2.05) is 30.3 Å². The summed E-state index contributed by atoms with van der Waals surface area (Å²) in [5, 5.41) is 1.50. The zero-order valence-electron chi connectivity index (χ0n) is 7.07. The lowest BCUT2D eigenvalue weighted by Gasteiger charge is -2.13. The van der Waals surface area contributed by atoms with Crippen molar-refractivity contribution in [1.82, 2.24) is 0 Å². The number of benzene rings is 1.